The van der Waals surface area contributed by atoms with E-state index in [-0.39, 0.29) is 17.5 Å². The molecular formula is C15H14BrFO. The lowest BCUT2D eigenvalue weighted by molar-refractivity contribution is 0.474. The Labute approximate surface area is 114 Å². The highest BCUT2D eigenvalue weighted by Gasteiger charge is 2.12. The molecule has 0 heterocycles. The van der Waals surface area contributed by atoms with Crippen molar-refractivity contribution in [3.63, 3.8) is 0 Å². The van der Waals surface area contributed by atoms with Crippen LogP contribution in [0.5, 0.6) is 5.75 Å². The molecule has 1 atom stereocenters. The van der Waals surface area contributed by atoms with Gasteiger partial charge in [0.25, 0.3) is 0 Å². The minimum Gasteiger partial charge on any atom is -0.508 e. The third-order valence-electron chi connectivity index (χ3n) is 2.90. The second-order valence-electron chi connectivity index (χ2n) is 4.28. The van der Waals surface area contributed by atoms with Crippen LogP contribution in [0.3, 0.4) is 0 Å². The van der Waals surface area contributed by atoms with E-state index < -0.39 is 0 Å². The van der Waals surface area contributed by atoms with Crippen molar-refractivity contribution in [3.8, 4) is 5.75 Å². The van der Waals surface area contributed by atoms with Crippen LogP contribution in [-0.4, -0.2) is 10.4 Å². The summed E-state index contributed by atoms with van der Waals surface area (Å²) in [5, 5.41) is 10.2. The monoisotopic (exact) mass is 308 g/mol. The van der Waals surface area contributed by atoms with Crippen LogP contribution in [-0.2, 0) is 6.42 Å². The van der Waals surface area contributed by atoms with E-state index in [9.17, 15) is 9.50 Å². The summed E-state index contributed by atoms with van der Waals surface area (Å²) < 4.78 is 13.2. The lowest BCUT2D eigenvalue weighted by Gasteiger charge is -2.15. The molecule has 0 aromatic heterocycles. The number of hydrogen-bond acceptors (Lipinski definition) is 1. The average Bonchev–Trinajstić information content (AvgIpc) is 2.36. The number of alkyl halides is 1. The van der Waals surface area contributed by atoms with Gasteiger partial charge in [0.1, 0.15) is 11.6 Å². The first-order chi connectivity index (χ1) is 8.69. The molecule has 0 aliphatic carbocycles. The van der Waals surface area contributed by atoms with Gasteiger partial charge in [-0.05, 0) is 47.7 Å². The van der Waals surface area contributed by atoms with Gasteiger partial charge in [0.2, 0.25) is 0 Å². The maximum Gasteiger partial charge on any atom is 0.123 e. The van der Waals surface area contributed by atoms with Crippen molar-refractivity contribution >= 4 is 15.9 Å². The van der Waals surface area contributed by atoms with Gasteiger partial charge in [-0.2, -0.15) is 0 Å². The summed E-state index contributed by atoms with van der Waals surface area (Å²) in [4.78, 5) is 0. The molecule has 3 heteroatoms. The first-order valence-corrected chi connectivity index (χ1v) is 6.90. The van der Waals surface area contributed by atoms with Crippen molar-refractivity contribution in [1.82, 2.24) is 0 Å². The first kappa shape index (κ1) is 13.1. The van der Waals surface area contributed by atoms with Crippen LogP contribution in [0.4, 0.5) is 4.39 Å². The molecule has 0 radical (unpaired) electrons. The van der Waals surface area contributed by atoms with Gasteiger partial charge >= 0.3 is 0 Å². The number of phenolic OH excluding ortho intramolecular Hbond substituents is 1. The molecule has 0 aliphatic rings. The quantitative estimate of drug-likeness (QED) is 0.837. The molecule has 18 heavy (non-hydrogen) atoms. The molecule has 1 N–H and O–H groups in total. The van der Waals surface area contributed by atoms with Crippen LogP contribution in [0.15, 0.2) is 48.5 Å². The lowest BCUT2D eigenvalue weighted by atomic mass is 9.93. The van der Waals surface area contributed by atoms with Gasteiger partial charge in [0.15, 0.2) is 0 Å². The van der Waals surface area contributed by atoms with Gasteiger partial charge in [-0.3, -0.25) is 0 Å². The molecule has 1 nitrogen and oxygen atoms in total. The molecule has 0 spiro atoms. The number of halogens is 2. The highest BCUT2D eigenvalue weighted by atomic mass is 79.9. The van der Waals surface area contributed by atoms with Crippen LogP contribution in [0.1, 0.15) is 17.0 Å². The molecule has 2 aromatic carbocycles. The molecule has 2 rings (SSSR count). The summed E-state index contributed by atoms with van der Waals surface area (Å²) >= 11 is 3.47. The van der Waals surface area contributed by atoms with Crippen molar-refractivity contribution in [1.29, 1.82) is 0 Å². The molecular weight excluding hydrogens is 295 g/mol. The Morgan fingerprint density at radius 1 is 1.11 bits per heavy atom. The van der Waals surface area contributed by atoms with E-state index in [2.05, 4.69) is 15.9 Å². The van der Waals surface area contributed by atoms with Crippen LogP contribution < -0.4 is 0 Å². The summed E-state index contributed by atoms with van der Waals surface area (Å²) in [5.74, 6) is 0.247. The molecule has 1 unspecified atom stereocenters. The Morgan fingerprint density at radius 3 is 2.56 bits per heavy atom. The Morgan fingerprint density at radius 2 is 1.89 bits per heavy atom. The van der Waals surface area contributed by atoms with Crippen LogP contribution in [0.25, 0.3) is 0 Å². The molecule has 0 aliphatic heterocycles. The van der Waals surface area contributed by atoms with Gasteiger partial charge < -0.3 is 5.11 Å². The van der Waals surface area contributed by atoms with Crippen molar-refractivity contribution in [2.75, 3.05) is 5.33 Å². The fourth-order valence-corrected chi connectivity index (χ4v) is 2.59. The Bertz CT molecular complexity index is 527. The van der Waals surface area contributed by atoms with Crippen LogP contribution in [0.2, 0.25) is 0 Å². The predicted molar refractivity (Wildman–Crippen MR) is 74.7 cm³/mol. The maximum atomic E-state index is 13.2. The van der Waals surface area contributed by atoms with Gasteiger partial charge in [0, 0.05) is 5.33 Å². The summed E-state index contributed by atoms with van der Waals surface area (Å²) in [6.07, 6.45) is 0.767. The summed E-state index contributed by atoms with van der Waals surface area (Å²) in [6, 6.07) is 13.8. The molecule has 0 amide bonds. The predicted octanol–water partition coefficient (Wildman–Crippen LogP) is 4.25. The van der Waals surface area contributed by atoms with Crippen molar-refractivity contribution in [2.45, 2.75) is 12.3 Å². The topological polar surface area (TPSA) is 20.2 Å². The second kappa shape index (κ2) is 6.01. The highest BCUT2D eigenvalue weighted by Crippen LogP contribution is 2.25. The van der Waals surface area contributed by atoms with Gasteiger partial charge in [-0.25, -0.2) is 4.39 Å². The zero-order valence-corrected chi connectivity index (χ0v) is 11.4. The second-order valence-corrected chi connectivity index (χ2v) is 4.93. The zero-order chi connectivity index (χ0) is 13.0. The fourth-order valence-electron chi connectivity index (χ4n) is 1.99. The number of rotatable bonds is 4. The summed E-state index contributed by atoms with van der Waals surface area (Å²) in [6.45, 7) is 0. The van der Waals surface area contributed by atoms with Gasteiger partial charge in [-0.1, -0.05) is 40.2 Å². The number of aromatic hydroxyl groups is 1. The van der Waals surface area contributed by atoms with E-state index in [1.165, 1.54) is 6.07 Å². The molecule has 2 aromatic rings. The molecule has 0 saturated heterocycles. The fraction of sp³-hybridized carbons (Fsp3) is 0.200. The maximum absolute atomic E-state index is 13.2. The number of hydrogen-bond donors (Lipinski definition) is 1. The number of phenols is 1. The van der Waals surface area contributed by atoms with E-state index in [4.69, 9.17) is 0 Å². The smallest absolute Gasteiger partial charge is 0.123 e. The highest BCUT2D eigenvalue weighted by molar-refractivity contribution is 9.09. The standard InChI is InChI=1S/C15H14BrFO/c16-10-13(12-4-2-5-14(17)9-12)7-11-3-1-6-15(18)8-11/h1-6,8-9,13,18H,7,10H2. The van der Waals surface area contributed by atoms with Crippen molar-refractivity contribution in [3.05, 3.63) is 65.5 Å². The van der Waals surface area contributed by atoms with E-state index >= 15 is 0 Å². The zero-order valence-electron chi connectivity index (χ0n) is 9.81. The average molecular weight is 309 g/mol. The van der Waals surface area contributed by atoms with E-state index in [1.807, 2.05) is 18.2 Å². The van der Waals surface area contributed by atoms with Crippen LogP contribution >= 0.6 is 15.9 Å². The molecule has 0 saturated carbocycles. The largest absolute Gasteiger partial charge is 0.508 e. The van der Waals surface area contributed by atoms with Crippen molar-refractivity contribution < 1.29 is 9.50 Å². The SMILES string of the molecule is Oc1cccc(CC(CBr)c2cccc(F)c2)c1. The Kier molecular flexibility index (Phi) is 4.37. The molecule has 0 bridgehead atoms. The summed E-state index contributed by atoms with van der Waals surface area (Å²) in [7, 11) is 0. The van der Waals surface area contributed by atoms with E-state index in [0.717, 1.165) is 22.9 Å². The minimum atomic E-state index is -0.214. The third-order valence-corrected chi connectivity index (χ3v) is 3.68. The van der Waals surface area contributed by atoms with Crippen molar-refractivity contribution in [2.24, 2.45) is 0 Å². The Balaban J connectivity index is 2.19. The molecule has 0 fully saturated rings. The van der Waals surface area contributed by atoms with Crippen LogP contribution in [0, 0.1) is 5.82 Å². The van der Waals surface area contributed by atoms with Gasteiger partial charge in [-0.15, -0.1) is 0 Å². The van der Waals surface area contributed by atoms with E-state index in [1.54, 1.807) is 24.3 Å². The van der Waals surface area contributed by atoms with E-state index in [0.29, 0.717) is 0 Å². The Hall–Kier alpha value is -1.35. The number of benzene rings is 2. The lowest BCUT2D eigenvalue weighted by Crippen LogP contribution is -2.04. The molecule has 94 valence electrons. The third kappa shape index (κ3) is 3.33. The first-order valence-electron chi connectivity index (χ1n) is 5.78. The van der Waals surface area contributed by atoms with Gasteiger partial charge in [0.05, 0.1) is 0 Å². The minimum absolute atomic E-state index is 0.197. The summed E-state index contributed by atoms with van der Waals surface area (Å²) in [5.41, 5.74) is 2.01. The normalized spacial score (nSPS) is 12.3.